The minimum Gasteiger partial charge on any atom is -0.493 e. The maximum absolute atomic E-state index is 12.5. The van der Waals surface area contributed by atoms with Gasteiger partial charge in [-0.3, -0.25) is 4.79 Å². The standard InChI is InChI=1S/C22H27N3O3S/c1-25(14-15-7-6-9-18(27-2)21(15)28-3)12-11-20(26)24-22-17(13-23)16-8-4-5-10-19(16)29-22/h6-7,9H,4-5,8,10-12,14H2,1-3H3,(H,24,26). The normalized spacial score (nSPS) is 12.9. The Kier molecular flexibility index (Phi) is 7.13. The molecule has 0 atom stereocenters. The number of benzene rings is 1. The number of para-hydroxylation sites is 1. The van der Waals surface area contributed by atoms with Crippen LogP contribution in [0, 0.1) is 11.3 Å². The van der Waals surface area contributed by atoms with Gasteiger partial charge in [0.1, 0.15) is 11.1 Å². The van der Waals surface area contributed by atoms with Crippen molar-refractivity contribution in [1.82, 2.24) is 4.90 Å². The molecule has 29 heavy (non-hydrogen) atoms. The Balaban J connectivity index is 1.58. The number of hydrogen-bond acceptors (Lipinski definition) is 6. The molecule has 0 unspecified atom stereocenters. The summed E-state index contributed by atoms with van der Waals surface area (Å²) in [4.78, 5) is 15.8. The minimum absolute atomic E-state index is 0.0652. The lowest BCUT2D eigenvalue weighted by atomic mass is 9.96. The fourth-order valence-electron chi connectivity index (χ4n) is 3.70. The summed E-state index contributed by atoms with van der Waals surface area (Å²) < 4.78 is 10.8. The van der Waals surface area contributed by atoms with Gasteiger partial charge in [-0.25, -0.2) is 0 Å². The first-order valence-corrected chi connectivity index (χ1v) is 10.6. The van der Waals surface area contributed by atoms with Crippen LogP contribution in [0.4, 0.5) is 5.00 Å². The molecular weight excluding hydrogens is 386 g/mol. The third-order valence-corrected chi connectivity index (χ3v) is 6.39. The summed E-state index contributed by atoms with van der Waals surface area (Å²) in [6, 6.07) is 8.08. The van der Waals surface area contributed by atoms with E-state index >= 15 is 0 Å². The number of thiophene rings is 1. The van der Waals surface area contributed by atoms with Crippen molar-refractivity contribution in [3.05, 3.63) is 39.8 Å². The quantitative estimate of drug-likeness (QED) is 0.709. The minimum atomic E-state index is -0.0652. The van der Waals surface area contributed by atoms with Crippen molar-refractivity contribution in [2.24, 2.45) is 0 Å². The Bertz CT molecular complexity index is 917. The summed E-state index contributed by atoms with van der Waals surface area (Å²) in [7, 11) is 5.21. The number of nitrogens with zero attached hydrogens (tertiary/aromatic N) is 2. The molecule has 1 amide bonds. The smallest absolute Gasteiger partial charge is 0.226 e. The molecule has 1 heterocycles. The molecule has 0 fully saturated rings. The molecule has 1 aromatic heterocycles. The van der Waals surface area contributed by atoms with Crippen LogP contribution in [0.3, 0.4) is 0 Å². The molecule has 0 saturated heterocycles. The van der Waals surface area contributed by atoms with Crippen LogP contribution in [0.5, 0.6) is 11.5 Å². The SMILES string of the molecule is COc1cccc(CN(C)CCC(=O)Nc2sc3c(c2C#N)CCCC3)c1OC. The van der Waals surface area contributed by atoms with E-state index in [0.717, 1.165) is 36.8 Å². The largest absolute Gasteiger partial charge is 0.493 e. The Labute approximate surface area is 176 Å². The molecule has 1 aromatic carbocycles. The van der Waals surface area contributed by atoms with Gasteiger partial charge >= 0.3 is 0 Å². The van der Waals surface area contributed by atoms with Crippen molar-refractivity contribution in [2.75, 3.05) is 33.1 Å². The summed E-state index contributed by atoms with van der Waals surface area (Å²) in [5, 5.41) is 13.2. The van der Waals surface area contributed by atoms with Gasteiger partial charge in [-0.15, -0.1) is 11.3 Å². The lowest BCUT2D eigenvalue weighted by Gasteiger charge is -2.19. The van der Waals surface area contributed by atoms with Crippen LogP contribution in [0.15, 0.2) is 18.2 Å². The average Bonchev–Trinajstić information content (AvgIpc) is 3.08. The van der Waals surface area contributed by atoms with Crippen LogP contribution >= 0.6 is 11.3 Å². The number of ether oxygens (including phenoxy) is 2. The molecule has 0 bridgehead atoms. The second kappa shape index (κ2) is 9.77. The zero-order valence-electron chi connectivity index (χ0n) is 17.2. The summed E-state index contributed by atoms with van der Waals surface area (Å²) in [6.45, 7) is 1.24. The maximum Gasteiger partial charge on any atom is 0.226 e. The fourth-order valence-corrected chi connectivity index (χ4v) is 4.96. The summed E-state index contributed by atoms with van der Waals surface area (Å²) >= 11 is 1.56. The molecule has 2 aromatic rings. The van der Waals surface area contributed by atoms with Crippen LogP contribution in [-0.2, 0) is 24.2 Å². The van der Waals surface area contributed by atoms with E-state index in [4.69, 9.17) is 9.47 Å². The molecule has 0 saturated carbocycles. The van der Waals surface area contributed by atoms with Crippen LogP contribution in [0.2, 0.25) is 0 Å². The highest BCUT2D eigenvalue weighted by Crippen LogP contribution is 2.37. The van der Waals surface area contributed by atoms with Crippen molar-refractivity contribution in [3.63, 3.8) is 0 Å². The zero-order valence-corrected chi connectivity index (χ0v) is 18.0. The number of hydrogen-bond donors (Lipinski definition) is 1. The van der Waals surface area contributed by atoms with Crippen LogP contribution in [-0.4, -0.2) is 38.6 Å². The first-order valence-electron chi connectivity index (χ1n) is 9.80. The predicted octanol–water partition coefficient (Wildman–Crippen LogP) is 3.98. The van der Waals surface area contributed by atoms with Crippen LogP contribution in [0.25, 0.3) is 0 Å². The topological polar surface area (TPSA) is 74.6 Å². The van der Waals surface area contributed by atoms with Gasteiger partial charge < -0.3 is 19.7 Å². The van der Waals surface area contributed by atoms with E-state index in [-0.39, 0.29) is 5.91 Å². The summed E-state index contributed by atoms with van der Waals surface area (Å²) in [5.74, 6) is 1.35. The number of fused-ring (bicyclic) bond motifs is 1. The number of carbonyl (C=O) groups excluding carboxylic acids is 1. The number of anilines is 1. The predicted molar refractivity (Wildman–Crippen MR) is 115 cm³/mol. The third kappa shape index (κ3) is 4.89. The van der Waals surface area contributed by atoms with E-state index in [1.807, 2.05) is 25.2 Å². The van der Waals surface area contributed by atoms with Crippen molar-refractivity contribution < 1.29 is 14.3 Å². The molecule has 7 heteroatoms. The second-order valence-corrected chi connectivity index (χ2v) is 8.32. The lowest BCUT2D eigenvalue weighted by molar-refractivity contribution is -0.116. The number of methoxy groups -OCH3 is 2. The Morgan fingerprint density at radius 3 is 2.79 bits per heavy atom. The van der Waals surface area contributed by atoms with Crippen molar-refractivity contribution in [2.45, 2.75) is 38.6 Å². The molecule has 3 rings (SSSR count). The Hall–Kier alpha value is -2.56. The molecular formula is C22H27N3O3S. The summed E-state index contributed by atoms with van der Waals surface area (Å²) in [6.07, 6.45) is 4.58. The Morgan fingerprint density at radius 2 is 2.07 bits per heavy atom. The average molecular weight is 414 g/mol. The lowest BCUT2D eigenvalue weighted by Crippen LogP contribution is -2.24. The van der Waals surface area contributed by atoms with Gasteiger partial charge in [0.25, 0.3) is 0 Å². The molecule has 1 aliphatic rings. The molecule has 0 aliphatic heterocycles. The molecule has 1 aliphatic carbocycles. The van der Waals surface area contributed by atoms with Gasteiger partial charge in [0.05, 0.1) is 19.8 Å². The van der Waals surface area contributed by atoms with Crippen LogP contribution in [0.1, 0.15) is 40.8 Å². The highest BCUT2D eigenvalue weighted by Gasteiger charge is 2.22. The van der Waals surface area contributed by atoms with E-state index < -0.39 is 0 Å². The van der Waals surface area contributed by atoms with Gasteiger partial charge in [-0.05, 0) is 44.4 Å². The number of carbonyl (C=O) groups is 1. The third-order valence-electron chi connectivity index (χ3n) is 5.18. The van der Waals surface area contributed by atoms with E-state index in [9.17, 15) is 10.1 Å². The van der Waals surface area contributed by atoms with E-state index in [1.165, 1.54) is 4.88 Å². The fraction of sp³-hybridized carbons (Fsp3) is 0.455. The number of nitrogens with one attached hydrogen (secondary N) is 1. The second-order valence-electron chi connectivity index (χ2n) is 7.22. The highest BCUT2D eigenvalue weighted by molar-refractivity contribution is 7.16. The van der Waals surface area contributed by atoms with Gasteiger partial charge in [-0.1, -0.05) is 12.1 Å². The number of rotatable bonds is 8. The van der Waals surface area contributed by atoms with Gasteiger partial charge in [0.15, 0.2) is 11.5 Å². The van der Waals surface area contributed by atoms with Gasteiger partial charge in [0.2, 0.25) is 5.91 Å². The first kappa shape index (κ1) is 21.2. The van der Waals surface area contributed by atoms with E-state index in [2.05, 4.69) is 16.3 Å². The van der Waals surface area contributed by atoms with E-state index in [1.54, 1.807) is 25.6 Å². The Morgan fingerprint density at radius 1 is 1.28 bits per heavy atom. The number of nitriles is 1. The summed E-state index contributed by atoms with van der Waals surface area (Å²) in [5.41, 5.74) is 2.81. The number of amides is 1. The maximum atomic E-state index is 12.5. The molecule has 154 valence electrons. The van der Waals surface area contributed by atoms with Gasteiger partial charge in [-0.2, -0.15) is 5.26 Å². The van der Waals surface area contributed by atoms with Crippen molar-refractivity contribution >= 4 is 22.2 Å². The van der Waals surface area contributed by atoms with Crippen LogP contribution < -0.4 is 14.8 Å². The molecule has 0 spiro atoms. The van der Waals surface area contributed by atoms with E-state index in [0.29, 0.717) is 41.6 Å². The molecule has 1 N–H and O–H groups in total. The molecule has 6 nitrogen and oxygen atoms in total. The number of aryl methyl sites for hydroxylation is 1. The highest BCUT2D eigenvalue weighted by atomic mass is 32.1. The first-order chi connectivity index (χ1) is 14.1. The monoisotopic (exact) mass is 413 g/mol. The zero-order chi connectivity index (χ0) is 20.8. The van der Waals surface area contributed by atoms with Gasteiger partial charge in [0, 0.05) is 30.0 Å². The molecule has 0 radical (unpaired) electrons. The van der Waals surface area contributed by atoms with Crippen molar-refractivity contribution in [1.29, 1.82) is 5.26 Å². The van der Waals surface area contributed by atoms with Crippen molar-refractivity contribution in [3.8, 4) is 17.6 Å².